The van der Waals surface area contributed by atoms with E-state index in [-0.39, 0.29) is 0 Å². The molecule has 0 aliphatic carbocycles. The third-order valence-electron chi connectivity index (χ3n) is 15.1. The van der Waals surface area contributed by atoms with Gasteiger partial charge < -0.3 is 9.47 Å². The summed E-state index contributed by atoms with van der Waals surface area (Å²) in [4.78, 5) is 19.5. The van der Waals surface area contributed by atoms with Crippen molar-refractivity contribution in [2.45, 2.75) is 41.5 Å². The van der Waals surface area contributed by atoms with Crippen LogP contribution >= 0.6 is 0 Å². The number of rotatable bonds is 9. The fraction of sp³-hybridized carbons (Fsp3) is 0.0882. The Hall–Kier alpha value is -9.86. The van der Waals surface area contributed by atoms with Gasteiger partial charge in [0.25, 0.3) is 0 Å². The van der Waals surface area contributed by atoms with Gasteiger partial charge in [-0.05, 0) is 154 Å². The van der Waals surface area contributed by atoms with E-state index in [1.54, 1.807) is 12.4 Å². The molecule has 8 aromatic carbocycles. The summed E-state index contributed by atoms with van der Waals surface area (Å²) in [6, 6.07) is 61.6. The number of ether oxygens (including phenoxy) is 2. The topological polar surface area (TPSA) is 84.8 Å². The van der Waals surface area contributed by atoms with Gasteiger partial charge in [0.1, 0.15) is 34.6 Å². The molecule has 0 spiro atoms. The Balaban J connectivity index is 1.03. The number of hydrogen-bond donors (Lipinski definition) is 0. The molecule has 0 fully saturated rings. The molecule has 0 atom stereocenters. The van der Waals surface area contributed by atoms with E-state index in [2.05, 4.69) is 189 Å². The van der Waals surface area contributed by atoms with Crippen molar-refractivity contribution in [2.24, 2.45) is 0 Å². The largest absolute Gasteiger partial charge is 0.457 e. The van der Waals surface area contributed by atoms with Crippen molar-refractivity contribution < 1.29 is 9.47 Å². The van der Waals surface area contributed by atoms with Crippen molar-refractivity contribution in [1.82, 2.24) is 33.6 Å². The molecule has 9 heteroatoms. The van der Waals surface area contributed by atoms with Gasteiger partial charge in [0.2, 0.25) is 5.95 Å². The molecule has 0 bridgehead atoms. The minimum atomic E-state index is 0.526. The molecule has 0 saturated carbocycles. The number of benzene rings is 8. The van der Waals surface area contributed by atoms with Crippen molar-refractivity contribution in [2.75, 3.05) is 0 Å². The molecule has 0 amide bonds. The van der Waals surface area contributed by atoms with Crippen molar-refractivity contribution in [1.29, 1.82) is 0 Å². The number of nitrogens with zero attached hydrogens (tertiary/aromatic N) is 7. The molecular weight excluding hydrogens is 947 g/mol. The van der Waals surface area contributed by atoms with Gasteiger partial charge in [-0.3, -0.25) is 13.7 Å². The van der Waals surface area contributed by atoms with Gasteiger partial charge in [0.05, 0.1) is 33.1 Å². The highest BCUT2D eigenvalue weighted by Crippen LogP contribution is 2.48. The fourth-order valence-corrected chi connectivity index (χ4v) is 12.2. The van der Waals surface area contributed by atoms with Crippen LogP contribution in [0.15, 0.2) is 201 Å². The highest BCUT2D eigenvalue weighted by molar-refractivity contribution is 6.14. The first-order valence-corrected chi connectivity index (χ1v) is 26.0. The zero-order valence-corrected chi connectivity index (χ0v) is 43.5. The number of aryl methyl sites for hydroxylation is 6. The molecule has 14 aromatic rings. The van der Waals surface area contributed by atoms with E-state index < -0.39 is 0 Å². The summed E-state index contributed by atoms with van der Waals surface area (Å²) in [5.41, 5.74) is 17.2. The smallest absolute Gasteiger partial charge is 0.234 e. The minimum Gasteiger partial charge on any atom is -0.457 e. The second kappa shape index (κ2) is 17.9. The maximum atomic E-state index is 7.31. The number of pyridine rings is 2. The van der Waals surface area contributed by atoms with Crippen LogP contribution in [0, 0.1) is 41.5 Å². The van der Waals surface area contributed by atoms with Crippen molar-refractivity contribution in [3.05, 3.63) is 234 Å². The predicted octanol–water partition coefficient (Wildman–Crippen LogP) is 17.3. The molecule has 0 aliphatic rings. The Morgan fingerprint density at radius 3 is 1.13 bits per heavy atom. The lowest BCUT2D eigenvalue weighted by atomic mass is 9.91. The van der Waals surface area contributed by atoms with Crippen LogP contribution in [0.2, 0.25) is 0 Å². The van der Waals surface area contributed by atoms with Crippen molar-refractivity contribution >= 4 is 65.4 Å². The van der Waals surface area contributed by atoms with E-state index >= 15 is 0 Å². The molecule has 14 rings (SSSR count). The summed E-state index contributed by atoms with van der Waals surface area (Å²) >= 11 is 0. The molecule has 370 valence electrons. The van der Waals surface area contributed by atoms with Crippen LogP contribution < -0.4 is 9.47 Å². The standard InChI is InChI=1S/C68H51N7O2/c1-40-30-42(3)66(43(4)31-40)54-36-52-53-37-55(67-44(5)32-41(2)33-45(67)6)63(77-47-23-25-51-49-17-8-10-19-57(49)74(59(51)35-47)65-21-12-14-27-70-65)39-61(53)75(68-71-28-15-29-72-68)60(52)38-62(54)76-46-22-24-50-48-16-7-9-18-56(48)73(58(50)34-46)64-20-11-13-26-69-64/h7-39H,1-6H3. The van der Waals surface area contributed by atoms with Crippen LogP contribution in [0.3, 0.4) is 0 Å². The zero-order chi connectivity index (χ0) is 52.1. The Bertz CT molecular complexity index is 4360. The first-order valence-electron chi connectivity index (χ1n) is 26.0. The number of hydrogen-bond acceptors (Lipinski definition) is 6. The van der Waals surface area contributed by atoms with E-state index in [1.807, 2.05) is 54.9 Å². The highest BCUT2D eigenvalue weighted by atomic mass is 16.5. The Morgan fingerprint density at radius 1 is 0.312 bits per heavy atom. The van der Waals surface area contributed by atoms with Crippen LogP contribution in [-0.2, 0) is 0 Å². The SMILES string of the molecule is Cc1cc(C)c(-c2cc3c4cc(-c5c(C)cc(C)cc5C)c(Oc5ccc6c7ccccc7n(-c7ccccn7)c6c5)cc4n(-c4ncccn4)c3cc2Oc2ccc3c4ccccc4n(-c4ccccn4)c3c2)c(C)c1. The fourth-order valence-electron chi connectivity index (χ4n) is 12.2. The second-order valence-electron chi connectivity index (χ2n) is 20.3. The molecule has 6 heterocycles. The van der Waals surface area contributed by atoms with E-state index in [9.17, 15) is 0 Å². The summed E-state index contributed by atoms with van der Waals surface area (Å²) in [6.45, 7) is 13.1. The van der Waals surface area contributed by atoms with Crippen LogP contribution in [-0.4, -0.2) is 33.6 Å². The Kier molecular flexibility index (Phi) is 10.6. The van der Waals surface area contributed by atoms with Crippen molar-refractivity contribution in [3.8, 4) is 62.8 Å². The van der Waals surface area contributed by atoms with E-state index in [4.69, 9.17) is 29.4 Å². The van der Waals surface area contributed by atoms with Gasteiger partial charge in [-0.1, -0.05) is 83.9 Å². The third kappa shape index (κ3) is 7.53. The maximum absolute atomic E-state index is 7.31. The summed E-state index contributed by atoms with van der Waals surface area (Å²) < 4.78 is 21.2. The van der Waals surface area contributed by atoms with Gasteiger partial charge in [-0.15, -0.1) is 0 Å². The molecule has 0 radical (unpaired) electrons. The Labute approximate surface area is 444 Å². The van der Waals surface area contributed by atoms with Gasteiger partial charge in [0, 0.05) is 92.5 Å². The summed E-state index contributed by atoms with van der Waals surface area (Å²) in [7, 11) is 0. The lowest BCUT2D eigenvalue weighted by molar-refractivity contribution is 0.485. The lowest BCUT2D eigenvalue weighted by Crippen LogP contribution is -2.01. The van der Waals surface area contributed by atoms with E-state index in [0.29, 0.717) is 28.9 Å². The zero-order valence-electron chi connectivity index (χ0n) is 43.5. The minimum absolute atomic E-state index is 0.526. The van der Waals surface area contributed by atoms with Gasteiger partial charge in [0.15, 0.2) is 0 Å². The maximum Gasteiger partial charge on any atom is 0.234 e. The second-order valence-corrected chi connectivity index (χ2v) is 20.3. The highest BCUT2D eigenvalue weighted by Gasteiger charge is 2.25. The molecule has 0 aliphatic heterocycles. The summed E-state index contributed by atoms with van der Waals surface area (Å²) in [5.74, 6) is 4.99. The number of aromatic nitrogens is 7. The molecule has 6 aromatic heterocycles. The predicted molar refractivity (Wildman–Crippen MR) is 313 cm³/mol. The average molecular weight is 998 g/mol. The molecule has 0 saturated heterocycles. The summed E-state index contributed by atoms with van der Waals surface area (Å²) in [6.07, 6.45) is 7.26. The van der Waals surface area contributed by atoms with Crippen molar-refractivity contribution in [3.63, 3.8) is 0 Å². The van der Waals surface area contributed by atoms with E-state index in [1.165, 1.54) is 11.1 Å². The summed E-state index contributed by atoms with van der Waals surface area (Å²) in [5, 5.41) is 6.57. The van der Waals surface area contributed by atoms with Crippen LogP contribution in [0.4, 0.5) is 0 Å². The van der Waals surface area contributed by atoms with Gasteiger partial charge in [-0.25, -0.2) is 19.9 Å². The van der Waals surface area contributed by atoms with Gasteiger partial charge >= 0.3 is 0 Å². The van der Waals surface area contributed by atoms with E-state index in [0.717, 1.165) is 122 Å². The molecule has 77 heavy (non-hydrogen) atoms. The van der Waals surface area contributed by atoms with Crippen LogP contribution in [0.1, 0.15) is 33.4 Å². The molecule has 9 nitrogen and oxygen atoms in total. The number of fused-ring (bicyclic) bond motifs is 9. The quantitative estimate of drug-likeness (QED) is 0.143. The first-order chi connectivity index (χ1) is 37.6. The molecular formula is C68H51N7O2. The van der Waals surface area contributed by atoms with Crippen LogP contribution in [0.5, 0.6) is 23.0 Å². The Morgan fingerprint density at radius 2 is 0.701 bits per heavy atom. The lowest BCUT2D eigenvalue weighted by Gasteiger charge is -2.18. The number of para-hydroxylation sites is 2. The molecule has 0 unspecified atom stereocenters. The van der Waals surface area contributed by atoms with Crippen LogP contribution in [0.25, 0.3) is 105 Å². The molecule has 0 N–H and O–H groups in total. The third-order valence-corrected chi connectivity index (χ3v) is 15.1. The average Bonchev–Trinajstić information content (AvgIpc) is 4.27. The van der Waals surface area contributed by atoms with Gasteiger partial charge in [-0.2, -0.15) is 0 Å². The first kappa shape index (κ1) is 45.7. The monoisotopic (exact) mass is 997 g/mol. The normalized spacial score (nSPS) is 11.8.